The number of hydrogen-bond acceptors (Lipinski definition) is 6. The average molecular weight is 440 g/mol. The molecule has 1 aromatic carbocycles. The van der Waals surface area contributed by atoms with Crippen LogP contribution in [0.2, 0.25) is 5.02 Å². The number of carbonyl (C=O) groups is 1. The minimum absolute atomic E-state index is 0.0551. The summed E-state index contributed by atoms with van der Waals surface area (Å²) in [5.41, 5.74) is 0.615. The Morgan fingerprint density at radius 2 is 1.93 bits per heavy atom. The number of sulfonamides is 1. The van der Waals surface area contributed by atoms with Crippen LogP contribution < -0.4 is 10.1 Å². The Bertz CT molecular complexity index is 987. The zero-order valence-corrected chi connectivity index (χ0v) is 17.8. The van der Waals surface area contributed by atoms with Gasteiger partial charge in [0.25, 0.3) is 5.91 Å². The van der Waals surface area contributed by atoms with Crippen LogP contribution in [0.25, 0.3) is 0 Å². The molecular weight excluding hydrogens is 418 g/mol. The number of nitrogens with one attached hydrogen (secondary N) is 1. The number of morpholine rings is 1. The molecule has 2 aromatic rings. The molecular formula is C19H22ClN3O5S. The number of halogens is 1. The molecule has 1 fully saturated rings. The largest absolute Gasteiger partial charge is 0.481 e. The molecule has 29 heavy (non-hydrogen) atoms. The van der Waals surface area contributed by atoms with Crippen molar-refractivity contribution in [2.75, 3.05) is 25.5 Å². The van der Waals surface area contributed by atoms with Crippen LogP contribution in [0.15, 0.2) is 41.4 Å². The summed E-state index contributed by atoms with van der Waals surface area (Å²) < 4.78 is 38.2. The number of aromatic nitrogens is 1. The lowest BCUT2D eigenvalue weighted by molar-refractivity contribution is -0.0440. The number of amides is 1. The number of methoxy groups -OCH3 is 1. The minimum Gasteiger partial charge on any atom is -0.481 e. The highest BCUT2D eigenvalue weighted by atomic mass is 35.5. The van der Waals surface area contributed by atoms with Crippen LogP contribution in [0.1, 0.15) is 24.2 Å². The number of pyridine rings is 1. The van der Waals surface area contributed by atoms with E-state index in [1.807, 2.05) is 13.8 Å². The Kier molecular flexibility index (Phi) is 6.42. The molecule has 2 unspecified atom stereocenters. The molecule has 8 nitrogen and oxygen atoms in total. The molecule has 1 amide bonds. The van der Waals surface area contributed by atoms with Gasteiger partial charge in [0.05, 0.1) is 36.2 Å². The molecule has 1 N–H and O–H groups in total. The van der Waals surface area contributed by atoms with Crippen LogP contribution in [0.3, 0.4) is 0 Å². The molecule has 2 atom stereocenters. The van der Waals surface area contributed by atoms with Crippen molar-refractivity contribution in [2.24, 2.45) is 0 Å². The summed E-state index contributed by atoms with van der Waals surface area (Å²) >= 11 is 6.18. The smallest absolute Gasteiger partial charge is 0.255 e. The zero-order chi connectivity index (χ0) is 21.2. The zero-order valence-electron chi connectivity index (χ0n) is 16.3. The molecule has 10 heteroatoms. The third-order valence-electron chi connectivity index (χ3n) is 4.40. The van der Waals surface area contributed by atoms with Gasteiger partial charge in [-0.3, -0.25) is 4.79 Å². The summed E-state index contributed by atoms with van der Waals surface area (Å²) in [7, 11) is -2.39. The SMILES string of the molecule is COc1ccc(NC(=O)c2ccc(Cl)c(S(=O)(=O)N3CC(C)OC(C)C3)c2)cn1. The van der Waals surface area contributed by atoms with Crippen molar-refractivity contribution in [1.29, 1.82) is 0 Å². The fourth-order valence-corrected chi connectivity index (χ4v) is 5.18. The summed E-state index contributed by atoms with van der Waals surface area (Å²) in [4.78, 5) is 16.5. The Morgan fingerprint density at radius 1 is 1.24 bits per heavy atom. The van der Waals surface area contributed by atoms with Gasteiger partial charge in [-0.05, 0) is 38.1 Å². The second kappa shape index (κ2) is 8.66. The first-order valence-electron chi connectivity index (χ1n) is 8.97. The van der Waals surface area contributed by atoms with E-state index in [0.29, 0.717) is 11.6 Å². The van der Waals surface area contributed by atoms with Crippen molar-refractivity contribution in [3.05, 3.63) is 47.1 Å². The predicted octanol–water partition coefficient (Wildman–Crippen LogP) is 2.79. The number of hydrogen-bond donors (Lipinski definition) is 1. The van der Waals surface area contributed by atoms with Gasteiger partial charge in [-0.15, -0.1) is 0 Å². The van der Waals surface area contributed by atoms with E-state index < -0.39 is 15.9 Å². The minimum atomic E-state index is -3.88. The second-order valence-electron chi connectivity index (χ2n) is 6.77. The molecule has 1 saturated heterocycles. The Balaban J connectivity index is 1.85. The van der Waals surface area contributed by atoms with E-state index in [0.717, 1.165) is 0 Å². The van der Waals surface area contributed by atoms with Crippen LogP contribution in [-0.2, 0) is 14.8 Å². The normalized spacial score (nSPS) is 20.3. The number of rotatable bonds is 5. The van der Waals surface area contributed by atoms with Gasteiger partial charge in [0, 0.05) is 24.7 Å². The summed E-state index contributed by atoms with van der Waals surface area (Å²) in [6, 6.07) is 7.40. The van der Waals surface area contributed by atoms with Crippen molar-refractivity contribution < 1.29 is 22.7 Å². The topological polar surface area (TPSA) is 97.8 Å². The lowest BCUT2D eigenvalue weighted by atomic mass is 10.2. The number of anilines is 1. The Hall–Kier alpha value is -2.20. The summed E-state index contributed by atoms with van der Waals surface area (Å²) in [5.74, 6) is -0.0642. The van der Waals surface area contributed by atoms with Crippen molar-refractivity contribution in [1.82, 2.24) is 9.29 Å². The molecule has 156 valence electrons. The Morgan fingerprint density at radius 3 is 2.52 bits per heavy atom. The third kappa shape index (κ3) is 4.87. The molecule has 3 rings (SSSR count). The van der Waals surface area contributed by atoms with Gasteiger partial charge < -0.3 is 14.8 Å². The monoisotopic (exact) mass is 439 g/mol. The molecule has 1 aliphatic rings. The van der Waals surface area contributed by atoms with Crippen molar-refractivity contribution in [3.8, 4) is 5.88 Å². The van der Waals surface area contributed by atoms with E-state index in [1.54, 1.807) is 12.1 Å². The predicted molar refractivity (Wildman–Crippen MR) is 109 cm³/mol. The van der Waals surface area contributed by atoms with Crippen LogP contribution in [0.4, 0.5) is 5.69 Å². The molecule has 1 aliphatic heterocycles. The van der Waals surface area contributed by atoms with E-state index in [2.05, 4.69) is 10.3 Å². The number of carbonyl (C=O) groups excluding carboxylic acids is 1. The second-order valence-corrected chi connectivity index (χ2v) is 9.08. The maximum absolute atomic E-state index is 13.1. The van der Waals surface area contributed by atoms with E-state index >= 15 is 0 Å². The van der Waals surface area contributed by atoms with Crippen LogP contribution in [0.5, 0.6) is 5.88 Å². The van der Waals surface area contributed by atoms with Crippen LogP contribution in [0, 0.1) is 0 Å². The number of benzene rings is 1. The third-order valence-corrected chi connectivity index (χ3v) is 6.71. The van der Waals surface area contributed by atoms with Gasteiger partial charge in [-0.25, -0.2) is 13.4 Å². The van der Waals surface area contributed by atoms with Gasteiger partial charge >= 0.3 is 0 Å². The highest BCUT2D eigenvalue weighted by Gasteiger charge is 2.33. The van der Waals surface area contributed by atoms with Gasteiger partial charge in [0.2, 0.25) is 15.9 Å². The van der Waals surface area contributed by atoms with Crippen molar-refractivity contribution in [3.63, 3.8) is 0 Å². The summed E-state index contributed by atoms with van der Waals surface area (Å²) in [6.07, 6.45) is 0.976. The first-order valence-corrected chi connectivity index (χ1v) is 10.8. The van der Waals surface area contributed by atoms with Crippen LogP contribution >= 0.6 is 11.6 Å². The molecule has 0 aliphatic carbocycles. The fourth-order valence-electron chi connectivity index (χ4n) is 3.09. The average Bonchev–Trinajstić information content (AvgIpc) is 2.68. The van der Waals surface area contributed by atoms with E-state index in [9.17, 15) is 13.2 Å². The number of nitrogens with zero attached hydrogens (tertiary/aromatic N) is 2. The molecule has 0 saturated carbocycles. The van der Waals surface area contributed by atoms with Gasteiger partial charge in [-0.1, -0.05) is 11.6 Å². The molecule has 0 bridgehead atoms. The van der Waals surface area contributed by atoms with E-state index in [1.165, 1.54) is 35.8 Å². The lowest BCUT2D eigenvalue weighted by Gasteiger charge is -2.34. The molecule has 0 spiro atoms. The van der Waals surface area contributed by atoms with E-state index in [-0.39, 0.29) is 40.8 Å². The van der Waals surface area contributed by atoms with Gasteiger partial charge in [-0.2, -0.15) is 4.31 Å². The fraction of sp³-hybridized carbons (Fsp3) is 0.368. The van der Waals surface area contributed by atoms with E-state index in [4.69, 9.17) is 21.1 Å². The Labute approximate surface area is 174 Å². The number of ether oxygens (including phenoxy) is 2. The highest BCUT2D eigenvalue weighted by molar-refractivity contribution is 7.89. The summed E-state index contributed by atoms with van der Waals surface area (Å²) in [5, 5.41) is 2.73. The maximum Gasteiger partial charge on any atom is 0.255 e. The molecule has 0 radical (unpaired) electrons. The van der Waals surface area contributed by atoms with Gasteiger partial charge in [0.15, 0.2) is 0 Å². The first kappa shape index (κ1) is 21.5. The lowest BCUT2D eigenvalue weighted by Crippen LogP contribution is -2.48. The summed E-state index contributed by atoms with van der Waals surface area (Å²) in [6.45, 7) is 4.06. The molecule has 1 aromatic heterocycles. The molecule has 2 heterocycles. The van der Waals surface area contributed by atoms with Crippen molar-refractivity contribution >= 4 is 33.2 Å². The van der Waals surface area contributed by atoms with Crippen LogP contribution in [-0.4, -0.2) is 56.0 Å². The van der Waals surface area contributed by atoms with Crippen molar-refractivity contribution in [2.45, 2.75) is 31.0 Å². The highest BCUT2D eigenvalue weighted by Crippen LogP contribution is 2.28. The quantitative estimate of drug-likeness (QED) is 0.769. The maximum atomic E-state index is 13.1. The standard InChI is InChI=1S/C19H22ClN3O5S/c1-12-10-23(11-13(2)28-12)29(25,26)17-8-14(4-6-16(17)20)19(24)22-15-5-7-18(27-3)21-9-15/h4-9,12-13H,10-11H2,1-3H3,(H,22,24). The van der Waals surface area contributed by atoms with Gasteiger partial charge in [0.1, 0.15) is 4.90 Å². The first-order chi connectivity index (χ1) is 13.7.